The molecule has 2 atom stereocenters. The lowest BCUT2D eigenvalue weighted by Crippen LogP contribution is -2.55. The average Bonchev–Trinajstić information content (AvgIpc) is 2.82. The molecule has 0 aliphatic carbocycles. The van der Waals surface area contributed by atoms with Crippen LogP contribution in [0.1, 0.15) is 124 Å². The number of nitrogens with one attached hydrogen (secondary N) is 2. The van der Waals surface area contributed by atoms with Crippen molar-refractivity contribution in [1.82, 2.24) is 15.5 Å². The van der Waals surface area contributed by atoms with Gasteiger partial charge in [-0.25, -0.2) is 4.79 Å². The summed E-state index contributed by atoms with van der Waals surface area (Å²) >= 11 is 0. The van der Waals surface area contributed by atoms with Crippen LogP contribution in [0.2, 0.25) is 0 Å². The van der Waals surface area contributed by atoms with Gasteiger partial charge in [0.1, 0.15) is 17.7 Å². The van der Waals surface area contributed by atoms with Crippen molar-refractivity contribution in [3.05, 3.63) is 42.0 Å². The second kappa shape index (κ2) is 16.4. The van der Waals surface area contributed by atoms with Gasteiger partial charge in [0, 0.05) is 12.1 Å². The Morgan fingerprint density at radius 1 is 1.00 bits per heavy atom. The highest BCUT2D eigenvalue weighted by molar-refractivity contribution is 5.92. The number of amides is 3. The van der Waals surface area contributed by atoms with Gasteiger partial charge in [0.2, 0.25) is 11.8 Å². The number of benzene rings is 1. The molecule has 0 fully saturated rings. The topological polar surface area (TPSA) is 87.7 Å². The van der Waals surface area contributed by atoms with Crippen LogP contribution >= 0.6 is 0 Å². The van der Waals surface area contributed by atoms with Gasteiger partial charge in [0.15, 0.2) is 0 Å². The third-order valence-electron chi connectivity index (χ3n) is 6.25. The van der Waals surface area contributed by atoms with E-state index in [4.69, 9.17) is 4.74 Å². The van der Waals surface area contributed by atoms with Crippen molar-refractivity contribution in [2.45, 2.75) is 130 Å². The fraction of sp³-hybridized carbons (Fsp3) is 0.667. The van der Waals surface area contributed by atoms with Crippen molar-refractivity contribution in [2.75, 3.05) is 6.54 Å². The molecule has 1 aromatic carbocycles. The van der Waals surface area contributed by atoms with Crippen LogP contribution in [-0.4, -0.2) is 46.5 Å². The summed E-state index contributed by atoms with van der Waals surface area (Å²) in [5, 5.41) is 5.91. The number of nitrogens with zero attached hydrogens (tertiary/aromatic N) is 1. The predicted molar refractivity (Wildman–Crippen MR) is 165 cm³/mol. The smallest absolute Gasteiger partial charge is 0.408 e. The first-order valence-electron chi connectivity index (χ1n) is 14.9. The van der Waals surface area contributed by atoms with E-state index in [1.807, 2.05) is 58.9 Å². The van der Waals surface area contributed by atoms with Gasteiger partial charge >= 0.3 is 6.09 Å². The van der Waals surface area contributed by atoms with Gasteiger partial charge in [0.05, 0.1) is 0 Å². The maximum Gasteiger partial charge on any atom is 0.408 e. The molecule has 0 saturated carbocycles. The third kappa shape index (κ3) is 13.5. The van der Waals surface area contributed by atoms with Crippen LogP contribution in [0, 0.1) is 5.92 Å². The Morgan fingerprint density at radius 3 is 2.17 bits per heavy atom. The third-order valence-corrected chi connectivity index (χ3v) is 6.25. The molecule has 0 spiro atoms. The summed E-state index contributed by atoms with van der Waals surface area (Å²) in [6.07, 6.45) is 7.79. The number of alkyl carbamates (subject to hydrolysis) is 1. The maximum atomic E-state index is 14.3. The molecule has 0 saturated heterocycles. The van der Waals surface area contributed by atoms with Gasteiger partial charge in [-0.3, -0.25) is 9.59 Å². The number of carbonyl (C=O) groups is 3. The fourth-order valence-electron chi connectivity index (χ4n) is 4.54. The SMILES string of the molecule is C=Cc1cccc(C(C(=O)NC(C)(C)C)N(CCCCCCCC)C(=O)C(CC(C)C)NC(=O)OC(C)(C)C)c1. The zero-order valence-corrected chi connectivity index (χ0v) is 26.6. The number of hydrogen-bond acceptors (Lipinski definition) is 4. The molecule has 0 bridgehead atoms. The fourth-order valence-corrected chi connectivity index (χ4v) is 4.54. The molecule has 2 unspecified atom stereocenters. The Labute approximate surface area is 243 Å². The van der Waals surface area contributed by atoms with Crippen LogP contribution in [-0.2, 0) is 14.3 Å². The number of hydrogen-bond donors (Lipinski definition) is 2. The van der Waals surface area contributed by atoms with Gasteiger partial charge in [-0.05, 0) is 77.5 Å². The standard InChI is InChI=1S/C33H55N3O4/c1-11-13-14-15-16-17-21-36(30(38)27(22-24(3)4)34-31(39)40-33(8,9)10)28(29(37)35-32(5,6)7)26-20-18-19-25(12-2)23-26/h12,18-20,23-24,27-28H,2,11,13-17,21-22H2,1,3-10H3,(H,34,39)(H,35,37). The van der Waals surface area contributed by atoms with Crippen LogP contribution in [0.25, 0.3) is 6.08 Å². The molecule has 0 radical (unpaired) electrons. The molecule has 0 heterocycles. The van der Waals surface area contributed by atoms with E-state index >= 15 is 0 Å². The number of unbranched alkanes of at least 4 members (excludes halogenated alkanes) is 5. The predicted octanol–water partition coefficient (Wildman–Crippen LogP) is 7.41. The van der Waals surface area contributed by atoms with E-state index in [9.17, 15) is 14.4 Å². The van der Waals surface area contributed by atoms with Crippen LogP contribution in [0.4, 0.5) is 4.79 Å². The first-order chi connectivity index (χ1) is 18.6. The summed E-state index contributed by atoms with van der Waals surface area (Å²) in [6.45, 7) is 21.6. The second-order valence-corrected chi connectivity index (χ2v) is 13.1. The Kier molecular flexibility index (Phi) is 14.5. The van der Waals surface area contributed by atoms with E-state index in [0.29, 0.717) is 18.5 Å². The second-order valence-electron chi connectivity index (χ2n) is 13.1. The van der Waals surface area contributed by atoms with Crippen molar-refractivity contribution in [1.29, 1.82) is 0 Å². The van der Waals surface area contributed by atoms with Crippen molar-refractivity contribution in [3.63, 3.8) is 0 Å². The molecule has 3 amide bonds. The van der Waals surface area contributed by atoms with E-state index in [-0.39, 0.29) is 17.7 Å². The number of ether oxygens (including phenoxy) is 1. The quantitative estimate of drug-likeness (QED) is 0.220. The molecule has 40 heavy (non-hydrogen) atoms. The minimum Gasteiger partial charge on any atom is -0.444 e. The minimum absolute atomic E-state index is 0.130. The molecule has 1 rings (SSSR count). The lowest BCUT2D eigenvalue weighted by Gasteiger charge is -2.36. The van der Waals surface area contributed by atoms with Crippen molar-refractivity contribution in [3.8, 4) is 0 Å². The normalized spacial score (nSPS) is 13.3. The van der Waals surface area contributed by atoms with Crippen LogP contribution in [0.15, 0.2) is 30.8 Å². The van der Waals surface area contributed by atoms with Crippen molar-refractivity contribution >= 4 is 24.0 Å². The van der Waals surface area contributed by atoms with E-state index in [0.717, 1.165) is 37.7 Å². The molecular formula is C33H55N3O4. The summed E-state index contributed by atoms with van der Waals surface area (Å²) < 4.78 is 5.49. The molecule has 0 aliphatic heterocycles. The largest absolute Gasteiger partial charge is 0.444 e. The number of carbonyl (C=O) groups excluding carboxylic acids is 3. The molecule has 7 nitrogen and oxygen atoms in total. The molecule has 226 valence electrons. The van der Waals surface area contributed by atoms with Gasteiger partial charge in [-0.15, -0.1) is 0 Å². The molecule has 1 aromatic rings. The van der Waals surface area contributed by atoms with Crippen molar-refractivity contribution < 1.29 is 19.1 Å². The summed E-state index contributed by atoms with van der Waals surface area (Å²) in [6, 6.07) is 5.88. The zero-order valence-electron chi connectivity index (χ0n) is 26.6. The molecule has 2 N–H and O–H groups in total. The molecule has 7 heteroatoms. The van der Waals surface area contributed by atoms with E-state index in [1.165, 1.54) is 6.42 Å². The first-order valence-corrected chi connectivity index (χ1v) is 14.9. The maximum absolute atomic E-state index is 14.3. The van der Waals surface area contributed by atoms with Crippen LogP contribution < -0.4 is 10.6 Å². The summed E-state index contributed by atoms with van der Waals surface area (Å²) in [5.41, 5.74) is 0.378. The van der Waals surface area contributed by atoms with Gasteiger partial charge in [0.25, 0.3) is 0 Å². The van der Waals surface area contributed by atoms with Crippen LogP contribution in [0.5, 0.6) is 0 Å². The van der Waals surface area contributed by atoms with Crippen LogP contribution in [0.3, 0.4) is 0 Å². The molecule has 0 aromatic heterocycles. The Morgan fingerprint density at radius 2 is 1.62 bits per heavy atom. The minimum atomic E-state index is -0.864. The zero-order chi connectivity index (χ0) is 30.5. The number of rotatable bonds is 15. The Bertz CT molecular complexity index is 959. The Balaban J connectivity index is 3.53. The Hall–Kier alpha value is -2.83. The van der Waals surface area contributed by atoms with Gasteiger partial charge < -0.3 is 20.3 Å². The van der Waals surface area contributed by atoms with Crippen molar-refractivity contribution in [2.24, 2.45) is 5.92 Å². The van der Waals surface area contributed by atoms with E-state index in [1.54, 1.807) is 31.7 Å². The van der Waals surface area contributed by atoms with E-state index < -0.39 is 29.3 Å². The van der Waals surface area contributed by atoms with Gasteiger partial charge in [-0.2, -0.15) is 0 Å². The highest BCUT2D eigenvalue weighted by Gasteiger charge is 2.37. The van der Waals surface area contributed by atoms with Gasteiger partial charge in [-0.1, -0.05) is 83.7 Å². The summed E-state index contributed by atoms with van der Waals surface area (Å²) in [5.74, 6) is -0.412. The highest BCUT2D eigenvalue weighted by Crippen LogP contribution is 2.27. The summed E-state index contributed by atoms with van der Waals surface area (Å²) in [7, 11) is 0. The lowest BCUT2D eigenvalue weighted by molar-refractivity contribution is -0.143. The molecule has 0 aliphatic rings. The lowest BCUT2D eigenvalue weighted by atomic mass is 9.96. The molecular weight excluding hydrogens is 502 g/mol. The highest BCUT2D eigenvalue weighted by atomic mass is 16.6. The van der Waals surface area contributed by atoms with E-state index in [2.05, 4.69) is 24.1 Å². The summed E-state index contributed by atoms with van der Waals surface area (Å²) in [4.78, 5) is 42.7. The first kappa shape index (κ1) is 35.2. The average molecular weight is 558 g/mol. The monoisotopic (exact) mass is 557 g/mol.